The van der Waals surface area contributed by atoms with E-state index >= 15 is 0 Å². The number of carbonyl (C=O) groups excluding carboxylic acids is 1. The molecule has 130 valence electrons. The Morgan fingerprint density at radius 3 is 2.96 bits per heavy atom. The lowest BCUT2D eigenvalue weighted by molar-refractivity contribution is -0.113. The van der Waals surface area contributed by atoms with Crippen molar-refractivity contribution in [3.05, 3.63) is 33.8 Å². The first-order chi connectivity index (χ1) is 12.1. The number of thioether (sulfide) groups is 1. The summed E-state index contributed by atoms with van der Waals surface area (Å²) in [6.45, 7) is 3.93. The van der Waals surface area contributed by atoms with Gasteiger partial charge in [-0.2, -0.15) is 4.68 Å². The van der Waals surface area contributed by atoms with Crippen molar-refractivity contribution in [1.29, 1.82) is 0 Å². The first-order valence-corrected chi connectivity index (χ1v) is 9.54. The molecule has 0 radical (unpaired) electrons. The van der Waals surface area contributed by atoms with Crippen molar-refractivity contribution < 1.29 is 4.79 Å². The average Bonchev–Trinajstić information content (AvgIpc) is 3.24. The summed E-state index contributed by atoms with van der Waals surface area (Å²) in [7, 11) is 0. The molecule has 0 aliphatic rings. The SMILES string of the molecule is CCc1nnc(NC(=O)CSc2nnnn2-c2cc(Cl)ccc2C)s1. The number of aromatic nitrogens is 6. The van der Waals surface area contributed by atoms with Crippen LogP contribution in [0.5, 0.6) is 0 Å². The second-order valence-corrected chi connectivity index (χ2v) is 7.44. The molecule has 3 rings (SSSR count). The molecule has 1 N–H and O–H groups in total. The molecular formula is C14H14ClN7OS2. The summed E-state index contributed by atoms with van der Waals surface area (Å²) in [5.74, 6) is -0.0396. The zero-order valence-electron chi connectivity index (χ0n) is 13.4. The molecule has 11 heteroatoms. The summed E-state index contributed by atoms with van der Waals surface area (Å²) >= 11 is 8.65. The number of rotatable bonds is 6. The molecule has 0 aliphatic carbocycles. The van der Waals surface area contributed by atoms with Gasteiger partial charge in [0, 0.05) is 5.02 Å². The summed E-state index contributed by atoms with van der Waals surface area (Å²) in [6.07, 6.45) is 0.788. The van der Waals surface area contributed by atoms with Crippen molar-refractivity contribution in [3.63, 3.8) is 0 Å². The lowest BCUT2D eigenvalue weighted by Crippen LogP contribution is -2.14. The van der Waals surface area contributed by atoms with Gasteiger partial charge < -0.3 is 0 Å². The molecule has 0 fully saturated rings. The summed E-state index contributed by atoms with van der Waals surface area (Å²) in [4.78, 5) is 12.1. The van der Waals surface area contributed by atoms with Crippen LogP contribution in [0.4, 0.5) is 5.13 Å². The van der Waals surface area contributed by atoms with Gasteiger partial charge in [0.1, 0.15) is 5.01 Å². The Labute approximate surface area is 157 Å². The minimum Gasteiger partial charge on any atom is -0.300 e. The summed E-state index contributed by atoms with van der Waals surface area (Å²) < 4.78 is 1.57. The Kier molecular flexibility index (Phi) is 5.61. The van der Waals surface area contributed by atoms with E-state index in [9.17, 15) is 4.79 Å². The highest BCUT2D eigenvalue weighted by atomic mass is 35.5. The van der Waals surface area contributed by atoms with Crippen molar-refractivity contribution in [2.24, 2.45) is 0 Å². The predicted octanol–water partition coefficient (Wildman–Crippen LogP) is 2.77. The molecule has 0 saturated heterocycles. The molecule has 0 atom stereocenters. The number of carbonyl (C=O) groups is 1. The number of nitrogens with one attached hydrogen (secondary N) is 1. The van der Waals surface area contributed by atoms with Crippen LogP contribution in [0.1, 0.15) is 17.5 Å². The van der Waals surface area contributed by atoms with E-state index in [0.717, 1.165) is 22.7 Å². The van der Waals surface area contributed by atoms with Gasteiger partial charge in [-0.05, 0) is 41.5 Å². The molecule has 1 amide bonds. The second-order valence-electron chi connectivity index (χ2n) is 5.00. The van der Waals surface area contributed by atoms with Crippen LogP contribution in [0.2, 0.25) is 5.02 Å². The van der Waals surface area contributed by atoms with Crippen molar-refractivity contribution >= 4 is 45.7 Å². The molecule has 1 aromatic carbocycles. The number of anilines is 1. The number of nitrogens with zero attached hydrogens (tertiary/aromatic N) is 6. The number of halogens is 1. The molecule has 3 aromatic rings. The molecule has 0 saturated carbocycles. The van der Waals surface area contributed by atoms with E-state index in [-0.39, 0.29) is 11.7 Å². The predicted molar refractivity (Wildman–Crippen MR) is 97.5 cm³/mol. The topological polar surface area (TPSA) is 98.5 Å². The highest BCUT2D eigenvalue weighted by Gasteiger charge is 2.14. The fourth-order valence-electron chi connectivity index (χ4n) is 1.96. The van der Waals surface area contributed by atoms with Crippen LogP contribution >= 0.6 is 34.7 Å². The molecule has 0 spiro atoms. The summed E-state index contributed by atoms with van der Waals surface area (Å²) in [6, 6.07) is 5.48. The van der Waals surface area contributed by atoms with E-state index in [2.05, 4.69) is 31.0 Å². The lowest BCUT2D eigenvalue weighted by atomic mass is 10.2. The number of aryl methyl sites for hydroxylation is 2. The quantitative estimate of drug-likeness (QED) is 0.640. The molecule has 25 heavy (non-hydrogen) atoms. The molecule has 8 nitrogen and oxygen atoms in total. The first kappa shape index (κ1) is 17.8. The molecule has 2 heterocycles. The lowest BCUT2D eigenvalue weighted by Gasteiger charge is -2.07. The molecular weight excluding hydrogens is 382 g/mol. The zero-order valence-corrected chi connectivity index (χ0v) is 15.8. The third kappa shape index (κ3) is 4.33. The van der Waals surface area contributed by atoms with Crippen molar-refractivity contribution in [2.75, 3.05) is 11.1 Å². The number of hydrogen-bond acceptors (Lipinski definition) is 8. The normalized spacial score (nSPS) is 10.8. The summed E-state index contributed by atoms with van der Waals surface area (Å²) in [5, 5.41) is 24.7. The standard InChI is InChI=1S/C14H14ClN7OS2/c1-3-12-17-18-13(25-12)16-11(23)7-24-14-19-20-21-22(14)10-6-9(15)5-4-8(10)2/h4-6H,3,7H2,1-2H3,(H,16,18,23). The number of tetrazole rings is 1. The molecule has 0 unspecified atom stereocenters. The van der Waals surface area contributed by atoms with Gasteiger partial charge in [-0.1, -0.05) is 47.7 Å². The Morgan fingerprint density at radius 2 is 2.20 bits per heavy atom. The van der Waals surface area contributed by atoms with E-state index < -0.39 is 0 Å². The number of hydrogen-bond donors (Lipinski definition) is 1. The maximum atomic E-state index is 12.1. The Balaban J connectivity index is 1.67. The molecule has 0 aliphatic heterocycles. The van der Waals surface area contributed by atoms with E-state index in [1.54, 1.807) is 16.8 Å². The summed E-state index contributed by atoms with van der Waals surface area (Å²) in [5.41, 5.74) is 1.75. The van der Waals surface area contributed by atoms with Crippen molar-refractivity contribution in [3.8, 4) is 5.69 Å². The van der Waals surface area contributed by atoms with Crippen LogP contribution in [0.25, 0.3) is 5.69 Å². The van der Waals surface area contributed by atoms with Gasteiger partial charge >= 0.3 is 0 Å². The fourth-order valence-corrected chi connectivity index (χ4v) is 3.51. The van der Waals surface area contributed by atoms with Crippen LogP contribution in [0.15, 0.2) is 23.4 Å². The third-order valence-electron chi connectivity index (χ3n) is 3.19. The fraction of sp³-hybridized carbons (Fsp3) is 0.286. The van der Waals surface area contributed by atoms with Crippen LogP contribution in [-0.4, -0.2) is 42.1 Å². The average molecular weight is 396 g/mol. The van der Waals surface area contributed by atoms with Crippen molar-refractivity contribution in [1.82, 2.24) is 30.4 Å². The Hall–Kier alpha value is -2.04. The van der Waals surface area contributed by atoms with Crippen LogP contribution in [0, 0.1) is 6.92 Å². The van der Waals surface area contributed by atoms with Gasteiger partial charge in [0.2, 0.25) is 16.2 Å². The minimum absolute atomic E-state index is 0.154. The first-order valence-electron chi connectivity index (χ1n) is 7.36. The number of benzene rings is 1. The van der Waals surface area contributed by atoms with Crippen LogP contribution in [-0.2, 0) is 11.2 Å². The molecule has 0 bridgehead atoms. The highest BCUT2D eigenvalue weighted by molar-refractivity contribution is 7.99. The van der Waals surface area contributed by atoms with E-state index in [0.29, 0.717) is 15.3 Å². The zero-order chi connectivity index (χ0) is 17.8. The Morgan fingerprint density at radius 1 is 1.36 bits per heavy atom. The maximum Gasteiger partial charge on any atom is 0.236 e. The van der Waals surface area contributed by atoms with E-state index in [4.69, 9.17) is 11.6 Å². The van der Waals surface area contributed by atoms with Gasteiger partial charge in [0.25, 0.3) is 0 Å². The van der Waals surface area contributed by atoms with Crippen molar-refractivity contribution in [2.45, 2.75) is 25.4 Å². The van der Waals surface area contributed by atoms with E-state index in [1.807, 2.05) is 19.9 Å². The second kappa shape index (κ2) is 7.89. The van der Waals surface area contributed by atoms with Crippen LogP contribution in [0.3, 0.4) is 0 Å². The van der Waals surface area contributed by atoms with Gasteiger partial charge in [-0.25, -0.2) is 0 Å². The number of amides is 1. The highest BCUT2D eigenvalue weighted by Crippen LogP contribution is 2.24. The van der Waals surface area contributed by atoms with Gasteiger partial charge in [0.15, 0.2) is 0 Å². The van der Waals surface area contributed by atoms with Crippen LogP contribution < -0.4 is 5.32 Å². The van der Waals surface area contributed by atoms with Gasteiger partial charge in [-0.15, -0.1) is 15.3 Å². The largest absolute Gasteiger partial charge is 0.300 e. The monoisotopic (exact) mass is 395 g/mol. The van der Waals surface area contributed by atoms with E-state index in [1.165, 1.54) is 23.1 Å². The molecule has 2 aromatic heterocycles. The van der Waals surface area contributed by atoms with Gasteiger partial charge in [0.05, 0.1) is 11.4 Å². The third-order valence-corrected chi connectivity index (χ3v) is 5.33. The smallest absolute Gasteiger partial charge is 0.236 e. The Bertz CT molecular complexity index is 895. The maximum absolute atomic E-state index is 12.1. The minimum atomic E-state index is -0.193. The van der Waals surface area contributed by atoms with Gasteiger partial charge in [-0.3, -0.25) is 10.1 Å².